The van der Waals surface area contributed by atoms with Crippen LogP contribution in [0.25, 0.3) is 0 Å². The highest BCUT2D eigenvalue weighted by Crippen LogP contribution is 2.06. The van der Waals surface area contributed by atoms with Crippen molar-refractivity contribution < 1.29 is 4.79 Å². The molecule has 0 aliphatic rings. The number of nitrogens with two attached hydrogens (primary N) is 2. The van der Waals surface area contributed by atoms with Gasteiger partial charge in [-0.05, 0) is 19.1 Å². The molecule has 0 aromatic carbocycles. The van der Waals surface area contributed by atoms with Gasteiger partial charge in [-0.15, -0.1) is 0 Å². The van der Waals surface area contributed by atoms with Crippen LogP contribution in [-0.2, 0) is 4.79 Å². The summed E-state index contributed by atoms with van der Waals surface area (Å²) in [4.78, 5) is 20.1. The van der Waals surface area contributed by atoms with E-state index in [9.17, 15) is 4.79 Å². The van der Waals surface area contributed by atoms with Crippen LogP contribution in [0, 0.1) is 11.8 Å². The van der Waals surface area contributed by atoms with Crippen LogP contribution in [0.3, 0.4) is 0 Å². The summed E-state index contributed by atoms with van der Waals surface area (Å²) in [6, 6.07) is 0. The zero-order valence-corrected chi connectivity index (χ0v) is 16.3. The molecule has 142 valence electrons. The minimum Gasteiger partial charge on any atom is -0.399 e. The van der Waals surface area contributed by atoms with E-state index < -0.39 is 0 Å². The van der Waals surface area contributed by atoms with Gasteiger partial charge in [-0.3, -0.25) is 4.79 Å². The van der Waals surface area contributed by atoms with E-state index in [-0.39, 0.29) is 5.91 Å². The lowest BCUT2D eigenvalue weighted by atomic mass is 10.2. The number of hydrogen-bond acceptors (Lipinski definition) is 7. The van der Waals surface area contributed by atoms with E-state index in [4.69, 9.17) is 11.6 Å². The van der Waals surface area contributed by atoms with E-state index in [1.807, 2.05) is 6.26 Å². The summed E-state index contributed by atoms with van der Waals surface area (Å²) in [6.07, 6.45) is 10.8. The Morgan fingerprint density at radius 3 is 2.77 bits per heavy atom. The van der Waals surface area contributed by atoms with Crippen molar-refractivity contribution in [3.63, 3.8) is 0 Å². The summed E-state index contributed by atoms with van der Waals surface area (Å²) in [5.41, 5.74) is 7.16. The molecule has 0 saturated heterocycles. The summed E-state index contributed by atoms with van der Waals surface area (Å²) < 4.78 is 0. The number of aromatic nitrogens is 2. The smallest absolute Gasteiger partial charge is 0.220 e. The second-order valence-corrected chi connectivity index (χ2v) is 6.46. The quantitative estimate of drug-likeness (QED) is 0.142. The number of hydrogen-bond donors (Lipinski definition) is 3. The zero-order valence-electron chi connectivity index (χ0n) is 15.5. The third kappa shape index (κ3) is 9.91. The van der Waals surface area contributed by atoms with Gasteiger partial charge >= 0.3 is 0 Å². The summed E-state index contributed by atoms with van der Waals surface area (Å²) in [5.74, 6) is 11.8. The van der Waals surface area contributed by atoms with E-state index in [0.29, 0.717) is 31.5 Å². The monoisotopic (exact) mass is 376 g/mol. The molecule has 7 nitrogen and oxygen atoms in total. The first-order valence-electron chi connectivity index (χ1n) is 8.64. The molecule has 0 unspecified atom stereocenters. The van der Waals surface area contributed by atoms with Crippen LogP contribution < -0.4 is 16.9 Å². The molecule has 1 heterocycles. The second kappa shape index (κ2) is 13.0. The van der Waals surface area contributed by atoms with Crippen molar-refractivity contribution >= 4 is 17.7 Å². The number of nitrogens with one attached hydrogen (secondary N) is 1. The van der Waals surface area contributed by atoms with Gasteiger partial charge in [0.1, 0.15) is 0 Å². The van der Waals surface area contributed by atoms with Crippen molar-refractivity contribution in [3.8, 4) is 11.8 Å². The van der Waals surface area contributed by atoms with Crippen molar-refractivity contribution in [2.45, 2.75) is 44.2 Å². The highest BCUT2D eigenvalue weighted by atomic mass is 32.2. The van der Waals surface area contributed by atoms with Crippen molar-refractivity contribution in [2.75, 3.05) is 19.3 Å². The average molecular weight is 377 g/mol. The Bertz CT molecular complexity index is 635. The predicted octanol–water partition coefficient (Wildman–Crippen LogP) is 1.61. The molecular formula is C18H28N6OS. The van der Waals surface area contributed by atoms with Gasteiger partial charge in [-0.1, -0.05) is 36.9 Å². The first kappa shape index (κ1) is 21.8. The van der Waals surface area contributed by atoms with Crippen LogP contribution in [0.4, 0.5) is 0 Å². The number of carbonyl (C=O) groups is 1. The molecule has 0 atom stereocenters. The third-order valence-corrected chi connectivity index (χ3v) is 3.92. The van der Waals surface area contributed by atoms with Gasteiger partial charge in [-0.2, -0.15) is 0 Å². The molecule has 0 saturated carbocycles. The first-order valence-corrected chi connectivity index (χ1v) is 9.86. The average Bonchev–Trinajstić information content (AvgIpc) is 2.65. The van der Waals surface area contributed by atoms with Crippen molar-refractivity contribution in [1.82, 2.24) is 20.3 Å². The lowest BCUT2D eigenvalue weighted by molar-refractivity contribution is -0.121. The summed E-state index contributed by atoms with van der Waals surface area (Å²) in [6.45, 7) is 3.14. The maximum absolute atomic E-state index is 11.8. The van der Waals surface area contributed by atoms with Gasteiger partial charge in [0, 0.05) is 43.7 Å². The molecular weight excluding hydrogens is 348 g/mol. The molecule has 1 amide bonds. The number of rotatable bonds is 10. The van der Waals surface area contributed by atoms with Crippen LogP contribution in [0.15, 0.2) is 29.4 Å². The Kier molecular flexibility index (Phi) is 10.9. The van der Waals surface area contributed by atoms with E-state index in [2.05, 4.69) is 34.0 Å². The fraction of sp³-hybridized carbons (Fsp3) is 0.500. The number of hydrazine groups is 1. The van der Waals surface area contributed by atoms with Gasteiger partial charge in [-0.25, -0.2) is 15.8 Å². The van der Waals surface area contributed by atoms with Crippen molar-refractivity contribution in [3.05, 3.63) is 29.9 Å². The lowest BCUT2D eigenvalue weighted by Gasteiger charge is -2.14. The van der Waals surface area contributed by atoms with E-state index in [0.717, 1.165) is 30.1 Å². The number of amides is 1. The van der Waals surface area contributed by atoms with Gasteiger partial charge in [0.05, 0.1) is 12.1 Å². The molecule has 1 aromatic rings. The normalized spacial score (nSPS) is 10.8. The Labute approximate surface area is 160 Å². The molecule has 8 heteroatoms. The number of unbranched alkanes of at least 4 members (excludes halogenated alkanes) is 2. The SMILES string of the molecule is CCCCN(N)/C=C(\N)CNC(=O)CCCC#Cc1cnc(SC)nc1. The van der Waals surface area contributed by atoms with E-state index >= 15 is 0 Å². The van der Waals surface area contributed by atoms with Gasteiger partial charge in [0.15, 0.2) is 5.16 Å². The second-order valence-electron chi connectivity index (χ2n) is 5.69. The molecule has 0 radical (unpaired) electrons. The van der Waals surface area contributed by atoms with Crippen LogP contribution in [0.2, 0.25) is 0 Å². The highest BCUT2D eigenvalue weighted by Gasteiger charge is 2.01. The topological polar surface area (TPSA) is 110 Å². The molecule has 0 aliphatic carbocycles. The Morgan fingerprint density at radius 2 is 2.12 bits per heavy atom. The fourth-order valence-corrected chi connectivity index (χ4v) is 2.26. The largest absolute Gasteiger partial charge is 0.399 e. The zero-order chi connectivity index (χ0) is 19.2. The Hall–Kier alpha value is -2.24. The van der Waals surface area contributed by atoms with Crippen molar-refractivity contribution in [2.24, 2.45) is 11.6 Å². The minimum absolute atomic E-state index is 0.0482. The molecule has 0 bridgehead atoms. The molecule has 26 heavy (non-hydrogen) atoms. The molecule has 0 spiro atoms. The number of carbonyl (C=O) groups excluding carboxylic acids is 1. The van der Waals surface area contributed by atoms with Crippen LogP contribution in [-0.4, -0.2) is 40.2 Å². The third-order valence-electron chi connectivity index (χ3n) is 3.34. The summed E-state index contributed by atoms with van der Waals surface area (Å²) in [7, 11) is 0. The molecule has 5 N–H and O–H groups in total. The minimum atomic E-state index is -0.0482. The number of nitrogens with zero attached hydrogens (tertiary/aromatic N) is 3. The van der Waals surface area contributed by atoms with Crippen LogP contribution in [0.1, 0.15) is 44.6 Å². The predicted molar refractivity (Wildman–Crippen MR) is 106 cm³/mol. The molecule has 0 aliphatic heterocycles. The summed E-state index contributed by atoms with van der Waals surface area (Å²) in [5, 5.41) is 5.06. The molecule has 1 rings (SSSR count). The Morgan fingerprint density at radius 1 is 1.38 bits per heavy atom. The van der Waals surface area contributed by atoms with Gasteiger partial charge in [0.2, 0.25) is 5.91 Å². The molecule has 0 fully saturated rings. The molecule has 1 aromatic heterocycles. The lowest BCUT2D eigenvalue weighted by Crippen LogP contribution is -2.32. The Balaban J connectivity index is 2.22. The van der Waals surface area contributed by atoms with E-state index in [1.165, 1.54) is 11.8 Å². The van der Waals surface area contributed by atoms with Crippen LogP contribution >= 0.6 is 11.8 Å². The van der Waals surface area contributed by atoms with Gasteiger partial charge in [0.25, 0.3) is 0 Å². The maximum Gasteiger partial charge on any atom is 0.220 e. The first-order chi connectivity index (χ1) is 12.5. The maximum atomic E-state index is 11.8. The van der Waals surface area contributed by atoms with Gasteiger partial charge < -0.3 is 16.1 Å². The highest BCUT2D eigenvalue weighted by molar-refractivity contribution is 7.98. The summed E-state index contributed by atoms with van der Waals surface area (Å²) >= 11 is 1.49. The fourth-order valence-electron chi connectivity index (χ4n) is 1.94. The van der Waals surface area contributed by atoms with Crippen LogP contribution in [0.5, 0.6) is 0 Å². The standard InChI is InChI=1S/C18H28N6OS/c1-3-4-10-24(20)14-16(19)13-21-17(25)9-7-5-6-8-15-11-22-18(26-2)23-12-15/h11-12,14H,3-5,7,9-10,13,19-20H2,1-2H3,(H,21,25)/b16-14-. The van der Waals surface area contributed by atoms with E-state index in [1.54, 1.807) is 23.6 Å². The number of thioether (sulfide) groups is 1. The van der Waals surface area contributed by atoms with Crippen molar-refractivity contribution in [1.29, 1.82) is 0 Å².